The summed E-state index contributed by atoms with van der Waals surface area (Å²) in [6.45, 7) is 7.41. The highest BCUT2D eigenvalue weighted by molar-refractivity contribution is 5.77. The molecule has 0 aliphatic rings. The molecule has 0 aliphatic heterocycles. The fourth-order valence-electron chi connectivity index (χ4n) is 1.59. The summed E-state index contributed by atoms with van der Waals surface area (Å²) in [6, 6.07) is 0.134. The van der Waals surface area contributed by atoms with E-state index in [0.29, 0.717) is 12.5 Å². The molecule has 18 heavy (non-hydrogen) atoms. The van der Waals surface area contributed by atoms with E-state index in [4.69, 9.17) is 0 Å². The van der Waals surface area contributed by atoms with Crippen molar-refractivity contribution in [3.63, 3.8) is 0 Å². The van der Waals surface area contributed by atoms with E-state index in [1.807, 2.05) is 26.4 Å². The van der Waals surface area contributed by atoms with Gasteiger partial charge in [0.05, 0.1) is 12.7 Å². The van der Waals surface area contributed by atoms with Crippen LogP contribution in [0.25, 0.3) is 0 Å². The Hall–Kier alpha value is -1.36. The second kappa shape index (κ2) is 7.16. The fraction of sp³-hybridized carbons (Fsp3) is 0.692. The zero-order valence-corrected chi connectivity index (χ0v) is 11.7. The Morgan fingerprint density at radius 2 is 2.17 bits per heavy atom. The largest absolute Gasteiger partial charge is 0.355 e. The molecule has 102 valence electrons. The third kappa shape index (κ3) is 5.31. The van der Waals surface area contributed by atoms with E-state index in [-0.39, 0.29) is 11.9 Å². The monoisotopic (exact) mass is 252 g/mol. The first-order valence-electron chi connectivity index (χ1n) is 6.47. The highest BCUT2D eigenvalue weighted by atomic mass is 16.1. The summed E-state index contributed by atoms with van der Waals surface area (Å²) >= 11 is 0. The molecule has 1 amide bonds. The van der Waals surface area contributed by atoms with Crippen molar-refractivity contribution < 1.29 is 4.79 Å². The lowest BCUT2D eigenvalue weighted by Crippen LogP contribution is -2.35. The molecule has 5 nitrogen and oxygen atoms in total. The molecule has 0 saturated carbocycles. The number of aromatic nitrogens is 2. The lowest BCUT2D eigenvalue weighted by molar-refractivity contribution is -0.120. The van der Waals surface area contributed by atoms with Crippen molar-refractivity contribution in [2.75, 3.05) is 13.1 Å². The third-order valence-electron chi connectivity index (χ3n) is 2.84. The maximum absolute atomic E-state index is 11.6. The van der Waals surface area contributed by atoms with E-state index in [1.165, 1.54) is 0 Å². The number of hydrogen-bond acceptors (Lipinski definition) is 3. The molecule has 1 aromatic rings. The number of hydrogen-bond donors (Lipinski definition) is 2. The number of nitrogens with zero attached hydrogens (tertiary/aromatic N) is 2. The van der Waals surface area contributed by atoms with Crippen LogP contribution in [0, 0.1) is 5.92 Å². The number of rotatable bonds is 7. The third-order valence-corrected chi connectivity index (χ3v) is 2.84. The zero-order chi connectivity index (χ0) is 13.5. The summed E-state index contributed by atoms with van der Waals surface area (Å²) in [4.78, 5) is 11.6. The van der Waals surface area contributed by atoms with Crippen molar-refractivity contribution in [1.29, 1.82) is 0 Å². The molecule has 1 heterocycles. The quantitative estimate of drug-likeness (QED) is 0.767. The summed E-state index contributed by atoms with van der Waals surface area (Å²) in [5.74, 6) is 0.666. The summed E-state index contributed by atoms with van der Waals surface area (Å²) in [6.07, 6.45) is 4.78. The van der Waals surface area contributed by atoms with Gasteiger partial charge in [0.1, 0.15) is 0 Å². The maximum Gasteiger partial charge on any atom is 0.233 e. The van der Waals surface area contributed by atoms with Crippen LogP contribution in [-0.2, 0) is 11.8 Å². The highest BCUT2D eigenvalue weighted by Gasteiger charge is 2.08. The van der Waals surface area contributed by atoms with Crippen LogP contribution in [0.4, 0.5) is 0 Å². The summed E-state index contributed by atoms with van der Waals surface area (Å²) in [5, 5.41) is 10.2. The van der Waals surface area contributed by atoms with Gasteiger partial charge in [-0.2, -0.15) is 5.10 Å². The van der Waals surface area contributed by atoms with Crippen LogP contribution in [0.5, 0.6) is 0 Å². The number of carbonyl (C=O) groups excluding carboxylic acids is 1. The Kier molecular flexibility index (Phi) is 5.85. The van der Waals surface area contributed by atoms with Crippen LogP contribution in [0.2, 0.25) is 0 Å². The molecule has 2 N–H and O–H groups in total. The number of amides is 1. The Morgan fingerprint density at radius 1 is 1.44 bits per heavy atom. The molecule has 0 aliphatic carbocycles. The van der Waals surface area contributed by atoms with E-state index in [2.05, 4.69) is 29.6 Å². The molecule has 0 aromatic carbocycles. The maximum atomic E-state index is 11.6. The molecule has 1 rings (SSSR count). The van der Waals surface area contributed by atoms with Gasteiger partial charge in [-0.05, 0) is 19.3 Å². The van der Waals surface area contributed by atoms with Gasteiger partial charge >= 0.3 is 0 Å². The van der Waals surface area contributed by atoms with Crippen molar-refractivity contribution in [2.45, 2.75) is 33.2 Å². The SMILES string of the molecule is CC(C)CCNC(=O)CNC(C)c1cnn(C)c1. The first-order valence-corrected chi connectivity index (χ1v) is 6.47. The van der Waals surface area contributed by atoms with Crippen molar-refractivity contribution >= 4 is 5.91 Å². The second-order valence-corrected chi connectivity index (χ2v) is 5.08. The molecule has 0 fully saturated rings. The first-order chi connectivity index (χ1) is 8.49. The predicted molar refractivity (Wildman–Crippen MR) is 72.1 cm³/mol. The fourth-order valence-corrected chi connectivity index (χ4v) is 1.59. The van der Waals surface area contributed by atoms with Crippen LogP contribution in [-0.4, -0.2) is 28.8 Å². The number of carbonyl (C=O) groups is 1. The number of nitrogens with one attached hydrogen (secondary N) is 2. The summed E-state index contributed by atoms with van der Waals surface area (Å²) < 4.78 is 1.76. The van der Waals surface area contributed by atoms with Gasteiger partial charge in [-0.25, -0.2) is 0 Å². The average Bonchev–Trinajstić information content (AvgIpc) is 2.72. The van der Waals surface area contributed by atoms with E-state index < -0.39 is 0 Å². The average molecular weight is 252 g/mol. The molecule has 5 heteroatoms. The van der Waals surface area contributed by atoms with Gasteiger partial charge in [0.25, 0.3) is 0 Å². The Balaban J connectivity index is 2.22. The predicted octanol–water partition coefficient (Wildman–Crippen LogP) is 1.23. The highest BCUT2D eigenvalue weighted by Crippen LogP contribution is 2.09. The van der Waals surface area contributed by atoms with Crippen molar-refractivity contribution in [3.8, 4) is 0 Å². The van der Waals surface area contributed by atoms with E-state index >= 15 is 0 Å². The van der Waals surface area contributed by atoms with Gasteiger partial charge in [-0.3, -0.25) is 9.48 Å². The molecular weight excluding hydrogens is 228 g/mol. The smallest absolute Gasteiger partial charge is 0.233 e. The van der Waals surface area contributed by atoms with Gasteiger partial charge in [0.15, 0.2) is 0 Å². The second-order valence-electron chi connectivity index (χ2n) is 5.08. The minimum atomic E-state index is 0.0476. The van der Waals surface area contributed by atoms with E-state index in [9.17, 15) is 4.79 Å². The lowest BCUT2D eigenvalue weighted by Gasteiger charge is -2.12. The van der Waals surface area contributed by atoms with E-state index in [0.717, 1.165) is 18.5 Å². The molecule has 0 spiro atoms. The molecule has 1 atom stereocenters. The number of aryl methyl sites for hydroxylation is 1. The standard InChI is InChI=1S/C13H24N4O/c1-10(2)5-6-14-13(18)8-15-11(3)12-7-16-17(4)9-12/h7,9-11,15H,5-6,8H2,1-4H3,(H,14,18). The van der Waals surface area contributed by atoms with Gasteiger partial charge in [-0.15, -0.1) is 0 Å². The van der Waals surface area contributed by atoms with E-state index in [1.54, 1.807) is 4.68 Å². The molecule has 0 saturated heterocycles. The van der Waals surface area contributed by atoms with Crippen LogP contribution >= 0.6 is 0 Å². The Bertz CT molecular complexity index is 373. The van der Waals surface area contributed by atoms with Gasteiger partial charge < -0.3 is 10.6 Å². The lowest BCUT2D eigenvalue weighted by atomic mass is 10.1. The van der Waals surface area contributed by atoms with Crippen LogP contribution < -0.4 is 10.6 Å². The van der Waals surface area contributed by atoms with Gasteiger partial charge in [0.2, 0.25) is 5.91 Å². The summed E-state index contributed by atoms with van der Waals surface area (Å²) in [7, 11) is 1.88. The summed E-state index contributed by atoms with van der Waals surface area (Å²) in [5.41, 5.74) is 1.09. The Labute approximate surface area is 109 Å². The molecule has 1 unspecified atom stereocenters. The molecule has 1 aromatic heterocycles. The molecular formula is C13H24N4O. The first kappa shape index (κ1) is 14.7. The van der Waals surface area contributed by atoms with Crippen molar-refractivity contribution in [2.24, 2.45) is 13.0 Å². The molecule has 0 bridgehead atoms. The van der Waals surface area contributed by atoms with Crippen molar-refractivity contribution in [3.05, 3.63) is 18.0 Å². The Morgan fingerprint density at radius 3 is 2.72 bits per heavy atom. The van der Waals surface area contributed by atoms with Crippen molar-refractivity contribution in [1.82, 2.24) is 20.4 Å². The van der Waals surface area contributed by atoms with Crippen LogP contribution in [0.1, 0.15) is 38.8 Å². The topological polar surface area (TPSA) is 59.0 Å². The minimum absolute atomic E-state index is 0.0476. The normalized spacial score (nSPS) is 12.7. The molecule has 0 radical (unpaired) electrons. The van der Waals surface area contributed by atoms with Gasteiger partial charge in [-0.1, -0.05) is 13.8 Å². The minimum Gasteiger partial charge on any atom is -0.355 e. The van der Waals surface area contributed by atoms with Crippen LogP contribution in [0.15, 0.2) is 12.4 Å². The van der Waals surface area contributed by atoms with Gasteiger partial charge in [0, 0.05) is 31.4 Å². The van der Waals surface area contributed by atoms with Crippen LogP contribution in [0.3, 0.4) is 0 Å². The zero-order valence-electron chi connectivity index (χ0n) is 11.7.